The highest BCUT2D eigenvalue weighted by atomic mass is 32.1. The molecule has 0 bridgehead atoms. The molecule has 0 amide bonds. The minimum atomic E-state index is -0.332. The van der Waals surface area contributed by atoms with Crippen molar-refractivity contribution in [3.8, 4) is 5.88 Å². The van der Waals surface area contributed by atoms with Crippen LogP contribution in [-0.4, -0.2) is 46.0 Å². The lowest BCUT2D eigenvalue weighted by atomic mass is 10.2. The Balaban J connectivity index is 1.58. The van der Waals surface area contributed by atoms with Gasteiger partial charge in [0.15, 0.2) is 5.69 Å². The zero-order chi connectivity index (χ0) is 20.2. The Kier molecular flexibility index (Phi) is 5.79. The molecule has 0 saturated carbocycles. The minimum absolute atomic E-state index is 0.0334. The number of hydrogen-bond acceptors (Lipinski definition) is 5. The summed E-state index contributed by atoms with van der Waals surface area (Å²) in [6.45, 7) is 3.48. The van der Waals surface area contributed by atoms with Crippen LogP contribution >= 0.6 is 12.2 Å². The van der Waals surface area contributed by atoms with E-state index in [4.69, 9.17) is 17.0 Å². The molecule has 2 heterocycles. The van der Waals surface area contributed by atoms with Gasteiger partial charge in [0, 0.05) is 24.2 Å². The molecule has 1 saturated heterocycles. The van der Waals surface area contributed by atoms with E-state index in [9.17, 15) is 9.50 Å². The molecule has 0 spiro atoms. The van der Waals surface area contributed by atoms with E-state index in [0.717, 1.165) is 24.0 Å². The molecule has 7 nitrogen and oxygen atoms in total. The smallest absolute Gasteiger partial charge is 0.221 e. The average molecular weight is 413 g/mol. The van der Waals surface area contributed by atoms with Gasteiger partial charge in [-0.2, -0.15) is 0 Å². The lowest BCUT2D eigenvalue weighted by molar-refractivity contribution is 0.0231. The molecule has 1 aliphatic rings. The second kappa shape index (κ2) is 8.64. The van der Waals surface area contributed by atoms with Gasteiger partial charge in [0.25, 0.3) is 0 Å². The molecule has 2 aromatic carbocycles. The van der Waals surface area contributed by atoms with Crippen molar-refractivity contribution in [2.75, 3.05) is 31.6 Å². The van der Waals surface area contributed by atoms with Gasteiger partial charge in [-0.3, -0.25) is 9.47 Å². The summed E-state index contributed by atoms with van der Waals surface area (Å²) < 4.78 is 20.2. The topological polar surface area (TPSA) is 74.4 Å². The van der Waals surface area contributed by atoms with Gasteiger partial charge in [0.2, 0.25) is 11.0 Å². The van der Waals surface area contributed by atoms with E-state index in [-0.39, 0.29) is 16.8 Å². The van der Waals surface area contributed by atoms with E-state index in [1.807, 2.05) is 28.8 Å². The Bertz CT molecular complexity index is 1040. The number of nitrogens with zero attached hydrogens (tertiary/aromatic N) is 4. The SMILES string of the molecule is Oc1c(N=NC(=S)Nc2ccc(F)cc2)c2ccccc2n1CN1CCOCC1. The van der Waals surface area contributed by atoms with Crippen molar-refractivity contribution >= 4 is 39.6 Å². The number of azo groups is 1. The number of ether oxygens (including phenoxy) is 1. The third-order valence-corrected chi connectivity index (χ3v) is 4.88. The standard InChI is InChI=1S/C20H20FN5O2S/c21-14-5-7-15(8-6-14)22-20(29)24-23-18-16-3-1-2-4-17(16)26(19(18)27)13-25-9-11-28-12-10-25/h1-8,27H,9-13H2,(H,22,29). The number of aromatic nitrogens is 1. The molecule has 150 valence electrons. The van der Waals surface area contributed by atoms with Gasteiger partial charge in [-0.05, 0) is 42.5 Å². The molecule has 0 radical (unpaired) electrons. The van der Waals surface area contributed by atoms with Crippen molar-refractivity contribution in [2.45, 2.75) is 6.67 Å². The highest BCUT2D eigenvalue weighted by molar-refractivity contribution is 7.80. The fourth-order valence-electron chi connectivity index (χ4n) is 3.23. The summed E-state index contributed by atoms with van der Waals surface area (Å²) >= 11 is 5.20. The molecular formula is C20H20FN5O2S. The summed E-state index contributed by atoms with van der Waals surface area (Å²) in [6.07, 6.45) is 0. The van der Waals surface area contributed by atoms with Gasteiger partial charge < -0.3 is 15.2 Å². The molecule has 1 fully saturated rings. The first-order valence-electron chi connectivity index (χ1n) is 9.20. The zero-order valence-electron chi connectivity index (χ0n) is 15.6. The highest BCUT2D eigenvalue weighted by Gasteiger charge is 2.19. The lowest BCUT2D eigenvalue weighted by Crippen LogP contribution is -2.37. The zero-order valence-corrected chi connectivity index (χ0v) is 16.4. The Morgan fingerprint density at radius 2 is 1.86 bits per heavy atom. The van der Waals surface area contributed by atoms with E-state index in [0.29, 0.717) is 31.3 Å². The van der Waals surface area contributed by atoms with Gasteiger partial charge in [0.05, 0.1) is 25.4 Å². The van der Waals surface area contributed by atoms with Crippen LogP contribution in [0.3, 0.4) is 0 Å². The molecule has 1 aliphatic heterocycles. The first kappa shape index (κ1) is 19.4. The minimum Gasteiger partial charge on any atom is -0.493 e. The molecule has 1 aromatic heterocycles. The first-order valence-corrected chi connectivity index (χ1v) is 9.61. The number of rotatable bonds is 4. The molecule has 3 aromatic rings. The summed E-state index contributed by atoms with van der Waals surface area (Å²) in [4.78, 5) is 2.21. The number of halogens is 1. The Morgan fingerprint density at radius 3 is 2.62 bits per heavy atom. The molecule has 0 atom stereocenters. The largest absolute Gasteiger partial charge is 0.493 e. The maximum Gasteiger partial charge on any atom is 0.221 e. The van der Waals surface area contributed by atoms with E-state index in [1.54, 1.807) is 12.1 Å². The predicted octanol–water partition coefficient (Wildman–Crippen LogP) is 4.26. The van der Waals surface area contributed by atoms with E-state index in [1.165, 1.54) is 12.1 Å². The number of benzene rings is 2. The predicted molar refractivity (Wildman–Crippen MR) is 113 cm³/mol. The van der Waals surface area contributed by atoms with Gasteiger partial charge in [-0.15, -0.1) is 10.2 Å². The number of aromatic hydroxyl groups is 1. The average Bonchev–Trinajstić information content (AvgIpc) is 3.00. The number of fused-ring (bicyclic) bond motifs is 1. The van der Waals surface area contributed by atoms with Crippen LogP contribution in [0, 0.1) is 5.82 Å². The Labute approximate surface area is 172 Å². The van der Waals surface area contributed by atoms with Crippen molar-refractivity contribution in [2.24, 2.45) is 10.2 Å². The second-order valence-electron chi connectivity index (χ2n) is 6.63. The molecule has 2 N–H and O–H groups in total. The van der Waals surface area contributed by atoms with Crippen molar-refractivity contribution in [1.29, 1.82) is 0 Å². The Morgan fingerprint density at radius 1 is 1.14 bits per heavy atom. The van der Waals surface area contributed by atoms with Gasteiger partial charge in [-0.1, -0.05) is 18.2 Å². The van der Waals surface area contributed by atoms with Gasteiger partial charge in [-0.25, -0.2) is 4.39 Å². The molecular weight excluding hydrogens is 393 g/mol. The van der Waals surface area contributed by atoms with Crippen LogP contribution in [0.2, 0.25) is 0 Å². The fraction of sp³-hybridized carbons (Fsp3) is 0.250. The number of hydrogen-bond donors (Lipinski definition) is 2. The van der Waals surface area contributed by atoms with Crippen LogP contribution in [0.4, 0.5) is 15.8 Å². The van der Waals surface area contributed by atoms with Gasteiger partial charge >= 0.3 is 0 Å². The second-order valence-corrected chi connectivity index (χ2v) is 7.01. The molecule has 0 aliphatic carbocycles. The highest BCUT2D eigenvalue weighted by Crippen LogP contribution is 2.39. The van der Waals surface area contributed by atoms with E-state index < -0.39 is 0 Å². The van der Waals surface area contributed by atoms with Crippen LogP contribution in [0.15, 0.2) is 58.8 Å². The quantitative estimate of drug-likeness (QED) is 0.494. The molecule has 4 rings (SSSR count). The maximum atomic E-state index is 13.0. The van der Waals surface area contributed by atoms with Crippen LogP contribution in [-0.2, 0) is 11.4 Å². The summed E-state index contributed by atoms with van der Waals surface area (Å²) in [5.41, 5.74) is 1.83. The third kappa shape index (κ3) is 4.42. The first-order chi connectivity index (χ1) is 14.1. The number of para-hydroxylation sites is 1. The van der Waals surface area contributed by atoms with E-state index >= 15 is 0 Å². The number of thiocarbonyl (C=S) groups is 1. The van der Waals surface area contributed by atoms with Gasteiger partial charge in [0.1, 0.15) is 5.82 Å². The summed E-state index contributed by atoms with van der Waals surface area (Å²) in [5.74, 6) is -0.299. The number of anilines is 1. The molecule has 9 heteroatoms. The summed E-state index contributed by atoms with van der Waals surface area (Å²) in [6, 6.07) is 13.4. The lowest BCUT2D eigenvalue weighted by Gasteiger charge is -2.27. The van der Waals surface area contributed by atoms with Crippen LogP contribution < -0.4 is 5.32 Å². The van der Waals surface area contributed by atoms with Crippen molar-refractivity contribution in [3.05, 3.63) is 54.3 Å². The maximum absolute atomic E-state index is 13.0. The summed E-state index contributed by atoms with van der Waals surface area (Å²) in [7, 11) is 0. The Hall–Kier alpha value is -2.88. The van der Waals surface area contributed by atoms with Crippen LogP contribution in [0.25, 0.3) is 10.9 Å². The van der Waals surface area contributed by atoms with Crippen molar-refractivity contribution in [1.82, 2.24) is 9.47 Å². The third-order valence-electron chi connectivity index (χ3n) is 4.70. The normalized spacial score (nSPS) is 15.2. The fourth-order valence-corrected chi connectivity index (χ4v) is 3.39. The number of nitrogens with one attached hydrogen (secondary N) is 1. The van der Waals surface area contributed by atoms with Crippen molar-refractivity contribution in [3.63, 3.8) is 0 Å². The number of morpholine rings is 1. The molecule has 29 heavy (non-hydrogen) atoms. The molecule has 0 unspecified atom stereocenters. The van der Waals surface area contributed by atoms with E-state index in [2.05, 4.69) is 20.4 Å². The van der Waals surface area contributed by atoms with Crippen LogP contribution in [0.1, 0.15) is 0 Å². The monoisotopic (exact) mass is 413 g/mol. The van der Waals surface area contributed by atoms with Crippen LogP contribution in [0.5, 0.6) is 5.88 Å². The van der Waals surface area contributed by atoms with Crippen molar-refractivity contribution < 1.29 is 14.2 Å². The summed E-state index contributed by atoms with van der Waals surface area (Å²) in [5, 5.41) is 22.8.